The lowest BCUT2D eigenvalue weighted by atomic mass is 9.91. The predicted octanol–water partition coefficient (Wildman–Crippen LogP) is 5.11. The van der Waals surface area contributed by atoms with Gasteiger partial charge >= 0.3 is 11.9 Å². The van der Waals surface area contributed by atoms with Crippen molar-refractivity contribution in [3.8, 4) is 22.6 Å². The van der Waals surface area contributed by atoms with Crippen molar-refractivity contribution in [2.45, 2.75) is 53.4 Å². The number of rotatable bonds is 7. The molecule has 138 valence electrons. The molecule has 0 fully saturated rings. The zero-order chi connectivity index (χ0) is 19.1. The van der Waals surface area contributed by atoms with Crippen LogP contribution >= 0.6 is 0 Å². The van der Waals surface area contributed by atoms with Crippen LogP contribution in [0.15, 0.2) is 36.4 Å². The van der Waals surface area contributed by atoms with E-state index in [1.165, 1.54) is 13.8 Å². The molecule has 26 heavy (non-hydrogen) atoms. The van der Waals surface area contributed by atoms with Crippen molar-refractivity contribution in [1.29, 1.82) is 0 Å². The molecule has 0 aliphatic rings. The molecule has 0 spiro atoms. The van der Waals surface area contributed by atoms with Gasteiger partial charge in [-0.1, -0.05) is 38.8 Å². The van der Waals surface area contributed by atoms with E-state index < -0.39 is 0 Å². The van der Waals surface area contributed by atoms with E-state index in [1.807, 2.05) is 36.4 Å². The maximum absolute atomic E-state index is 11.2. The molecule has 0 bridgehead atoms. The van der Waals surface area contributed by atoms with E-state index in [4.69, 9.17) is 9.47 Å². The summed E-state index contributed by atoms with van der Waals surface area (Å²) < 4.78 is 10.5. The van der Waals surface area contributed by atoms with E-state index in [0.717, 1.165) is 47.9 Å². The Hall–Kier alpha value is -2.62. The van der Waals surface area contributed by atoms with Gasteiger partial charge in [0.15, 0.2) is 0 Å². The fraction of sp³-hybridized carbons (Fsp3) is 0.364. The molecule has 0 aliphatic carbocycles. The molecule has 4 heteroatoms. The van der Waals surface area contributed by atoms with Gasteiger partial charge in [-0.05, 0) is 59.4 Å². The largest absolute Gasteiger partial charge is 0.427 e. The molecule has 0 amide bonds. The van der Waals surface area contributed by atoms with Crippen molar-refractivity contribution in [1.82, 2.24) is 0 Å². The quantitative estimate of drug-likeness (QED) is 0.512. The van der Waals surface area contributed by atoms with Gasteiger partial charge in [-0.2, -0.15) is 0 Å². The first-order chi connectivity index (χ1) is 12.4. The van der Waals surface area contributed by atoms with Gasteiger partial charge in [-0.15, -0.1) is 0 Å². The number of hydrogen-bond acceptors (Lipinski definition) is 4. The van der Waals surface area contributed by atoms with E-state index in [9.17, 15) is 9.59 Å². The molecule has 0 radical (unpaired) electrons. The number of benzene rings is 2. The summed E-state index contributed by atoms with van der Waals surface area (Å²) in [5.74, 6) is 0.492. The minimum Gasteiger partial charge on any atom is -0.427 e. The van der Waals surface area contributed by atoms with Gasteiger partial charge in [0.25, 0.3) is 0 Å². The van der Waals surface area contributed by atoms with Crippen LogP contribution in [-0.2, 0) is 22.4 Å². The van der Waals surface area contributed by atoms with E-state index in [-0.39, 0.29) is 11.9 Å². The zero-order valence-corrected chi connectivity index (χ0v) is 15.9. The van der Waals surface area contributed by atoms with Crippen LogP contribution in [0.3, 0.4) is 0 Å². The summed E-state index contributed by atoms with van der Waals surface area (Å²) in [6, 6.07) is 11.5. The lowest BCUT2D eigenvalue weighted by Gasteiger charge is -2.16. The smallest absolute Gasteiger partial charge is 0.308 e. The van der Waals surface area contributed by atoms with Gasteiger partial charge in [-0.3, -0.25) is 9.59 Å². The fourth-order valence-electron chi connectivity index (χ4n) is 3.08. The van der Waals surface area contributed by atoms with Crippen molar-refractivity contribution in [3.05, 3.63) is 47.5 Å². The molecule has 2 aromatic carbocycles. The third-order valence-electron chi connectivity index (χ3n) is 4.01. The summed E-state index contributed by atoms with van der Waals surface area (Å²) in [6.45, 7) is 7.05. The summed E-state index contributed by atoms with van der Waals surface area (Å²) >= 11 is 0. The van der Waals surface area contributed by atoms with Gasteiger partial charge in [0.1, 0.15) is 11.5 Å². The van der Waals surface area contributed by atoms with Crippen molar-refractivity contribution >= 4 is 11.9 Å². The predicted molar refractivity (Wildman–Crippen MR) is 102 cm³/mol. The van der Waals surface area contributed by atoms with Gasteiger partial charge in [0.2, 0.25) is 0 Å². The summed E-state index contributed by atoms with van der Waals surface area (Å²) in [7, 11) is 0. The summed E-state index contributed by atoms with van der Waals surface area (Å²) in [4.78, 5) is 22.5. The Labute approximate surface area is 155 Å². The van der Waals surface area contributed by atoms with Crippen LogP contribution in [0.1, 0.15) is 51.7 Å². The minimum absolute atomic E-state index is 0.322. The van der Waals surface area contributed by atoms with Crippen molar-refractivity contribution in [3.63, 3.8) is 0 Å². The Morgan fingerprint density at radius 1 is 0.731 bits per heavy atom. The molecule has 0 aromatic heterocycles. The highest BCUT2D eigenvalue weighted by atomic mass is 16.5. The standard InChI is InChI=1S/C22H26O4/c1-5-7-17-13-19(25-15(3)23)9-11-21(17)22-12-10-20(26-16(4)24)14-18(22)8-6-2/h9-14H,5-8H2,1-4H3. The molecule has 2 aromatic rings. The first-order valence-corrected chi connectivity index (χ1v) is 9.07. The average molecular weight is 354 g/mol. The normalized spacial score (nSPS) is 10.5. The summed E-state index contributed by atoms with van der Waals surface area (Å²) in [6.07, 6.45) is 3.76. The number of carbonyl (C=O) groups excluding carboxylic acids is 2. The number of ether oxygens (including phenoxy) is 2. The lowest BCUT2D eigenvalue weighted by Crippen LogP contribution is -2.04. The maximum Gasteiger partial charge on any atom is 0.308 e. The van der Waals surface area contributed by atoms with Crippen LogP contribution in [-0.4, -0.2) is 11.9 Å². The molecule has 0 unspecified atom stereocenters. The SMILES string of the molecule is CCCc1cc(OC(C)=O)ccc1-c1ccc(OC(C)=O)cc1CCC. The van der Waals surface area contributed by atoms with Gasteiger partial charge in [0, 0.05) is 13.8 Å². The third-order valence-corrected chi connectivity index (χ3v) is 4.01. The van der Waals surface area contributed by atoms with E-state index >= 15 is 0 Å². The minimum atomic E-state index is -0.322. The molecule has 0 atom stereocenters. The first-order valence-electron chi connectivity index (χ1n) is 9.07. The summed E-state index contributed by atoms with van der Waals surface area (Å²) in [5.41, 5.74) is 4.54. The zero-order valence-electron chi connectivity index (χ0n) is 15.9. The average Bonchev–Trinajstić information content (AvgIpc) is 2.55. The van der Waals surface area contributed by atoms with Gasteiger partial charge in [0.05, 0.1) is 0 Å². The first kappa shape index (κ1) is 19.7. The Morgan fingerprint density at radius 2 is 1.12 bits per heavy atom. The lowest BCUT2D eigenvalue weighted by molar-refractivity contribution is -0.132. The Kier molecular flexibility index (Phi) is 6.96. The molecule has 4 nitrogen and oxygen atoms in total. The molecule has 2 rings (SSSR count). The highest BCUT2D eigenvalue weighted by molar-refractivity contribution is 5.75. The highest BCUT2D eigenvalue weighted by Crippen LogP contribution is 2.33. The van der Waals surface area contributed by atoms with E-state index in [0.29, 0.717) is 11.5 Å². The van der Waals surface area contributed by atoms with Crippen LogP contribution in [0.2, 0.25) is 0 Å². The monoisotopic (exact) mass is 354 g/mol. The van der Waals surface area contributed by atoms with Crippen molar-refractivity contribution < 1.29 is 19.1 Å². The van der Waals surface area contributed by atoms with Crippen LogP contribution in [0.5, 0.6) is 11.5 Å². The van der Waals surface area contributed by atoms with E-state index in [2.05, 4.69) is 13.8 Å². The van der Waals surface area contributed by atoms with Crippen molar-refractivity contribution in [2.75, 3.05) is 0 Å². The number of aryl methyl sites for hydroxylation is 2. The molecule has 0 saturated heterocycles. The second-order valence-electron chi connectivity index (χ2n) is 6.33. The fourth-order valence-corrected chi connectivity index (χ4v) is 3.08. The second kappa shape index (κ2) is 9.18. The number of esters is 2. The van der Waals surface area contributed by atoms with Crippen LogP contribution in [0, 0.1) is 0 Å². The molecular weight excluding hydrogens is 328 g/mol. The maximum atomic E-state index is 11.2. The molecule has 0 saturated carbocycles. The Morgan fingerprint density at radius 3 is 1.42 bits per heavy atom. The van der Waals surface area contributed by atoms with Gasteiger partial charge < -0.3 is 9.47 Å². The number of hydrogen-bond donors (Lipinski definition) is 0. The Bertz CT molecular complexity index is 725. The van der Waals surface area contributed by atoms with Crippen LogP contribution in [0.4, 0.5) is 0 Å². The molecule has 0 aliphatic heterocycles. The molecular formula is C22H26O4. The van der Waals surface area contributed by atoms with E-state index in [1.54, 1.807) is 0 Å². The Balaban J connectivity index is 2.50. The van der Waals surface area contributed by atoms with Crippen LogP contribution < -0.4 is 9.47 Å². The summed E-state index contributed by atoms with van der Waals surface area (Å²) in [5, 5.41) is 0. The number of carbonyl (C=O) groups is 2. The van der Waals surface area contributed by atoms with Crippen LogP contribution in [0.25, 0.3) is 11.1 Å². The third kappa shape index (κ3) is 5.19. The van der Waals surface area contributed by atoms with Gasteiger partial charge in [-0.25, -0.2) is 0 Å². The second-order valence-corrected chi connectivity index (χ2v) is 6.33. The highest BCUT2D eigenvalue weighted by Gasteiger charge is 2.13. The topological polar surface area (TPSA) is 52.6 Å². The molecule has 0 heterocycles. The molecule has 0 N–H and O–H groups in total. The van der Waals surface area contributed by atoms with Crippen molar-refractivity contribution in [2.24, 2.45) is 0 Å².